The van der Waals surface area contributed by atoms with E-state index in [1.54, 1.807) is 37.3 Å². The molecule has 32 heavy (non-hydrogen) atoms. The van der Waals surface area contributed by atoms with Gasteiger partial charge < -0.3 is 16.0 Å². The Balaban J connectivity index is 1.78. The van der Waals surface area contributed by atoms with Crippen molar-refractivity contribution in [2.75, 3.05) is 29.0 Å². The first kappa shape index (κ1) is 22.3. The molecule has 3 amide bonds. The molecule has 10 heteroatoms. The minimum absolute atomic E-state index is 0.0124. The third-order valence-corrected chi connectivity index (χ3v) is 4.71. The molecular formula is C22H24N6O4. The number of nitrogens with zero attached hydrogens (tertiary/aromatic N) is 2. The minimum atomic E-state index is -0.708. The van der Waals surface area contributed by atoms with E-state index in [1.165, 1.54) is 9.47 Å². The van der Waals surface area contributed by atoms with Crippen molar-refractivity contribution >= 4 is 29.1 Å². The molecule has 0 aliphatic carbocycles. The first-order chi connectivity index (χ1) is 15.4. The summed E-state index contributed by atoms with van der Waals surface area (Å²) in [6.45, 7) is 1.81. The van der Waals surface area contributed by atoms with Crippen molar-refractivity contribution in [2.24, 2.45) is 0 Å². The topological polar surface area (TPSA) is 142 Å². The Labute approximate surface area is 183 Å². The van der Waals surface area contributed by atoms with Crippen molar-refractivity contribution in [3.05, 3.63) is 87.1 Å². The highest BCUT2D eigenvalue weighted by molar-refractivity contribution is 6.02. The normalized spacial score (nSPS) is 10.4. The summed E-state index contributed by atoms with van der Waals surface area (Å²) >= 11 is 0. The first-order valence-electron chi connectivity index (χ1n) is 9.96. The molecule has 1 aromatic heterocycles. The van der Waals surface area contributed by atoms with Gasteiger partial charge in [0.15, 0.2) is 0 Å². The fourth-order valence-electron chi connectivity index (χ4n) is 3.18. The van der Waals surface area contributed by atoms with E-state index in [0.29, 0.717) is 5.69 Å². The lowest BCUT2D eigenvalue weighted by Crippen LogP contribution is -2.45. The highest BCUT2D eigenvalue weighted by Crippen LogP contribution is 2.17. The van der Waals surface area contributed by atoms with Crippen LogP contribution < -0.4 is 32.5 Å². The molecule has 166 valence electrons. The zero-order valence-electron chi connectivity index (χ0n) is 17.5. The maximum absolute atomic E-state index is 12.5. The Hall–Kier alpha value is -4.34. The fourth-order valence-corrected chi connectivity index (χ4v) is 3.18. The molecule has 0 bridgehead atoms. The molecule has 0 spiro atoms. The summed E-state index contributed by atoms with van der Waals surface area (Å²) in [7, 11) is 0. The number of aromatic nitrogens is 2. The Morgan fingerprint density at radius 1 is 1.03 bits per heavy atom. The van der Waals surface area contributed by atoms with Crippen LogP contribution in [0.2, 0.25) is 0 Å². The predicted molar refractivity (Wildman–Crippen MR) is 123 cm³/mol. The maximum atomic E-state index is 12.5. The standard InChI is InChI=1S/C22H24N6O4/c1-2-27(14-17(29)25-21(31)24-16-11-7-4-8-12-16)18-19(23)28(22(32)26-20(18)30)13-15-9-5-3-6-10-15/h3-12H,2,13-14,23H2,1H3,(H,26,30,32)(H2,24,25,29,31). The molecule has 10 nitrogen and oxygen atoms in total. The fraction of sp³-hybridized carbons (Fsp3) is 0.182. The van der Waals surface area contributed by atoms with E-state index in [9.17, 15) is 19.2 Å². The molecule has 0 aliphatic heterocycles. The van der Waals surface area contributed by atoms with Gasteiger partial charge in [-0.3, -0.25) is 24.5 Å². The van der Waals surface area contributed by atoms with Crippen molar-refractivity contribution in [2.45, 2.75) is 13.5 Å². The van der Waals surface area contributed by atoms with Crippen molar-refractivity contribution in [3.8, 4) is 0 Å². The van der Waals surface area contributed by atoms with E-state index in [4.69, 9.17) is 5.73 Å². The number of hydrogen-bond donors (Lipinski definition) is 4. The predicted octanol–water partition coefficient (Wildman–Crippen LogP) is 1.34. The van der Waals surface area contributed by atoms with Crippen LogP contribution in [0.4, 0.5) is 22.0 Å². The summed E-state index contributed by atoms with van der Waals surface area (Å²) in [6, 6.07) is 17.1. The van der Waals surface area contributed by atoms with Crippen LogP contribution in [0.1, 0.15) is 12.5 Å². The largest absolute Gasteiger partial charge is 0.383 e. The Bertz CT molecular complexity index is 1200. The molecule has 0 fully saturated rings. The second kappa shape index (κ2) is 10.1. The Morgan fingerprint density at radius 3 is 2.28 bits per heavy atom. The Morgan fingerprint density at radius 2 is 1.66 bits per heavy atom. The summed E-state index contributed by atoms with van der Waals surface area (Å²) in [5.74, 6) is -0.703. The van der Waals surface area contributed by atoms with Crippen LogP contribution in [0.15, 0.2) is 70.3 Å². The van der Waals surface area contributed by atoms with Crippen molar-refractivity contribution in [1.82, 2.24) is 14.9 Å². The first-order valence-corrected chi connectivity index (χ1v) is 9.96. The molecule has 0 aliphatic rings. The second-order valence-corrected chi connectivity index (χ2v) is 6.95. The number of aromatic amines is 1. The Kier molecular flexibility index (Phi) is 7.06. The van der Waals surface area contributed by atoms with Gasteiger partial charge in [-0.05, 0) is 24.6 Å². The number of nitrogens with one attached hydrogen (secondary N) is 3. The molecule has 0 atom stereocenters. The van der Waals surface area contributed by atoms with Crippen molar-refractivity contribution in [3.63, 3.8) is 0 Å². The number of rotatable bonds is 7. The maximum Gasteiger partial charge on any atom is 0.330 e. The van der Waals surface area contributed by atoms with E-state index in [0.717, 1.165) is 5.56 Å². The minimum Gasteiger partial charge on any atom is -0.383 e. The third kappa shape index (κ3) is 5.42. The molecule has 0 saturated heterocycles. The third-order valence-electron chi connectivity index (χ3n) is 4.71. The molecule has 2 aromatic carbocycles. The number of carbonyl (C=O) groups excluding carboxylic acids is 2. The number of anilines is 3. The van der Waals surface area contributed by atoms with E-state index >= 15 is 0 Å². The average Bonchev–Trinajstić information content (AvgIpc) is 2.77. The van der Waals surface area contributed by atoms with Gasteiger partial charge in [0.2, 0.25) is 5.91 Å². The molecule has 3 aromatic rings. The smallest absolute Gasteiger partial charge is 0.330 e. The van der Waals surface area contributed by atoms with Crippen LogP contribution in [0.3, 0.4) is 0 Å². The van der Waals surface area contributed by atoms with Crippen LogP contribution in [0.25, 0.3) is 0 Å². The number of amides is 3. The van der Waals surface area contributed by atoms with E-state index in [1.807, 2.05) is 30.3 Å². The van der Waals surface area contributed by atoms with Gasteiger partial charge in [0, 0.05) is 12.2 Å². The number of hydrogen-bond acceptors (Lipinski definition) is 6. The van der Waals surface area contributed by atoms with Gasteiger partial charge in [-0.2, -0.15) is 0 Å². The van der Waals surface area contributed by atoms with Gasteiger partial charge in [-0.15, -0.1) is 0 Å². The van der Waals surface area contributed by atoms with Crippen LogP contribution in [0, 0.1) is 0 Å². The summed E-state index contributed by atoms with van der Waals surface area (Å²) in [5, 5.41) is 4.76. The zero-order chi connectivity index (χ0) is 23.1. The lowest BCUT2D eigenvalue weighted by Gasteiger charge is -2.24. The van der Waals surface area contributed by atoms with Gasteiger partial charge in [0.1, 0.15) is 11.5 Å². The highest BCUT2D eigenvalue weighted by atomic mass is 16.2. The quantitative estimate of drug-likeness (QED) is 0.440. The average molecular weight is 436 g/mol. The van der Waals surface area contributed by atoms with E-state index in [2.05, 4.69) is 15.6 Å². The summed E-state index contributed by atoms with van der Waals surface area (Å²) in [6.07, 6.45) is 0. The number of H-pyrrole nitrogens is 1. The lowest BCUT2D eigenvalue weighted by atomic mass is 10.2. The second-order valence-electron chi connectivity index (χ2n) is 6.95. The molecule has 0 radical (unpaired) electrons. The van der Waals surface area contributed by atoms with E-state index in [-0.39, 0.29) is 31.1 Å². The highest BCUT2D eigenvalue weighted by Gasteiger charge is 2.21. The van der Waals surface area contributed by atoms with Crippen molar-refractivity contribution in [1.29, 1.82) is 0 Å². The van der Waals surface area contributed by atoms with Crippen LogP contribution in [-0.2, 0) is 11.3 Å². The number of nitrogen functional groups attached to an aromatic ring is 1. The summed E-state index contributed by atoms with van der Waals surface area (Å²) in [5.41, 5.74) is 6.15. The lowest BCUT2D eigenvalue weighted by molar-refractivity contribution is -0.118. The summed E-state index contributed by atoms with van der Waals surface area (Å²) in [4.78, 5) is 53.0. The molecule has 5 N–H and O–H groups in total. The van der Waals surface area contributed by atoms with Crippen LogP contribution in [0.5, 0.6) is 0 Å². The van der Waals surface area contributed by atoms with Crippen LogP contribution >= 0.6 is 0 Å². The molecule has 3 rings (SSSR count). The van der Waals surface area contributed by atoms with Crippen LogP contribution in [-0.4, -0.2) is 34.6 Å². The number of likely N-dealkylation sites (N-methyl/N-ethyl adjacent to an activating group) is 1. The number of urea groups is 1. The molecule has 0 unspecified atom stereocenters. The summed E-state index contributed by atoms with van der Waals surface area (Å²) < 4.78 is 1.23. The zero-order valence-corrected chi connectivity index (χ0v) is 17.5. The SMILES string of the molecule is CCN(CC(=O)NC(=O)Nc1ccccc1)c1c(N)n(Cc2ccccc2)c(=O)[nH]c1=O. The number of imide groups is 1. The van der Waals surface area contributed by atoms with Gasteiger partial charge in [-0.25, -0.2) is 9.59 Å². The number of benzene rings is 2. The number of para-hydroxylation sites is 1. The molecule has 1 heterocycles. The van der Waals surface area contributed by atoms with Gasteiger partial charge >= 0.3 is 11.7 Å². The number of carbonyl (C=O) groups is 2. The van der Waals surface area contributed by atoms with Crippen molar-refractivity contribution < 1.29 is 9.59 Å². The number of nitrogens with two attached hydrogens (primary N) is 1. The van der Waals surface area contributed by atoms with Gasteiger partial charge in [0.05, 0.1) is 13.1 Å². The van der Waals surface area contributed by atoms with E-state index < -0.39 is 23.2 Å². The molecule has 0 saturated carbocycles. The monoisotopic (exact) mass is 436 g/mol. The van der Waals surface area contributed by atoms with Gasteiger partial charge in [0.25, 0.3) is 5.56 Å². The molecular weight excluding hydrogens is 412 g/mol. The van der Waals surface area contributed by atoms with Gasteiger partial charge in [-0.1, -0.05) is 48.5 Å².